The number of nitrogens with one attached hydrogen (secondary N) is 2. The lowest BCUT2D eigenvalue weighted by Gasteiger charge is -2.18. The van der Waals surface area contributed by atoms with Gasteiger partial charge in [-0.2, -0.15) is 0 Å². The number of guanidine groups is 1. The normalized spacial score (nSPS) is 15.6. The molecule has 1 unspecified atom stereocenters. The van der Waals surface area contributed by atoms with Gasteiger partial charge >= 0.3 is 0 Å². The smallest absolute Gasteiger partial charge is 0.255 e. The average Bonchev–Trinajstić information content (AvgIpc) is 3.27. The maximum atomic E-state index is 10.9. The molecule has 0 saturated carbocycles. The van der Waals surface area contributed by atoms with Crippen LogP contribution in [-0.2, 0) is 22.6 Å². The molecule has 2 aromatic carbocycles. The summed E-state index contributed by atoms with van der Waals surface area (Å²) in [5, 5.41) is 6.61. The highest BCUT2D eigenvalue weighted by molar-refractivity contribution is 14.0. The first-order valence-corrected chi connectivity index (χ1v) is 10.3. The molecule has 1 heterocycles. The molecule has 4 N–H and O–H groups in total. The molecule has 9 heteroatoms. The van der Waals surface area contributed by atoms with E-state index in [9.17, 15) is 4.79 Å². The van der Waals surface area contributed by atoms with Gasteiger partial charge in [-0.25, -0.2) is 0 Å². The van der Waals surface area contributed by atoms with Gasteiger partial charge in [-0.1, -0.05) is 24.3 Å². The zero-order valence-corrected chi connectivity index (χ0v) is 20.8. The number of aryl methyl sites for hydroxylation is 1. The number of rotatable bonds is 9. The first-order chi connectivity index (χ1) is 15.0. The van der Waals surface area contributed by atoms with Gasteiger partial charge < -0.3 is 30.6 Å². The average molecular weight is 554 g/mol. The monoisotopic (exact) mass is 554 g/mol. The number of ether oxygens (including phenoxy) is 3. The van der Waals surface area contributed by atoms with E-state index in [4.69, 9.17) is 19.9 Å². The largest absolute Gasteiger partial charge is 0.488 e. The van der Waals surface area contributed by atoms with Gasteiger partial charge in [0.25, 0.3) is 5.91 Å². The highest BCUT2D eigenvalue weighted by atomic mass is 127. The lowest BCUT2D eigenvalue weighted by Crippen LogP contribution is -2.36. The molecule has 32 heavy (non-hydrogen) atoms. The van der Waals surface area contributed by atoms with Gasteiger partial charge in [0, 0.05) is 32.1 Å². The number of halogens is 1. The number of carbonyl (C=O) groups excluding carboxylic acids is 1. The molecule has 0 spiro atoms. The summed E-state index contributed by atoms with van der Waals surface area (Å²) in [5.41, 5.74) is 8.33. The zero-order valence-electron chi connectivity index (χ0n) is 18.4. The Hall–Kier alpha value is -2.53. The Kier molecular flexibility index (Phi) is 10.5. The second-order valence-electron chi connectivity index (χ2n) is 7.40. The van der Waals surface area contributed by atoms with Crippen molar-refractivity contribution in [2.24, 2.45) is 10.7 Å². The summed E-state index contributed by atoms with van der Waals surface area (Å²) >= 11 is 0. The fourth-order valence-corrected chi connectivity index (χ4v) is 3.19. The van der Waals surface area contributed by atoms with E-state index >= 15 is 0 Å². The van der Waals surface area contributed by atoms with Crippen molar-refractivity contribution in [1.82, 2.24) is 10.6 Å². The second-order valence-corrected chi connectivity index (χ2v) is 7.40. The predicted octanol–water partition coefficient (Wildman–Crippen LogP) is 2.51. The standard InChI is InChI=1S/C23H30N4O4.HI/c1-16-6-7-18(21(10-16)31-20-8-9-29-14-20)13-27-23(25-2)26-12-17-4-3-5-19(11-17)30-15-22(24)28;/h3-7,10-11,20H,8-9,12-15H2,1-2H3,(H2,24,28)(H2,25,26,27);1H. The molecule has 2 aromatic rings. The Morgan fingerprint density at radius 2 is 2.03 bits per heavy atom. The fourth-order valence-electron chi connectivity index (χ4n) is 3.19. The summed E-state index contributed by atoms with van der Waals surface area (Å²) in [4.78, 5) is 15.2. The van der Waals surface area contributed by atoms with Crippen LogP contribution in [0.2, 0.25) is 0 Å². The van der Waals surface area contributed by atoms with Crippen molar-refractivity contribution in [3.8, 4) is 11.5 Å². The molecule has 1 saturated heterocycles. The molecule has 1 atom stereocenters. The molecule has 174 valence electrons. The van der Waals surface area contributed by atoms with Crippen LogP contribution in [0, 0.1) is 6.92 Å². The zero-order chi connectivity index (χ0) is 22.1. The Bertz CT molecular complexity index is 917. The molecule has 8 nitrogen and oxygen atoms in total. The lowest BCUT2D eigenvalue weighted by molar-refractivity contribution is -0.119. The van der Waals surface area contributed by atoms with Gasteiger partial charge in [0.2, 0.25) is 0 Å². The minimum atomic E-state index is -0.506. The Labute approximate surface area is 205 Å². The van der Waals surface area contributed by atoms with E-state index in [0.29, 0.717) is 31.4 Å². The number of nitrogens with two attached hydrogens (primary N) is 1. The maximum absolute atomic E-state index is 10.9. The molecule has 0 aromatic heterocycles. The van der Waals surface area contributed by atoms with Crippen LogP contribution < -0.4 is 25.8 Å². The van der Waals surface area contributed by atoms with Crippen LogP contribution in [0.25, 0.3) is 0 Å². The molecule has 0 aliphatic carbocycles. The van der Waals surface area contributed by atoms with Crippen LogP contribution in [-0.4, -0.2) is 44.8 Å². The van der Waals surface area contributed by atoms with Crippen LogP contribution in [0.4, 0.5) is 0 Å². The van der Waals surface area contributed by atoms with Gasteiger partial charge in [0.05, 0.1) is 13.2 Å². The van der Waals surface area contributed by atoms with Crippen molar-refractivity contribution >= 4 is 35.8 Å². The van der Waals surface area contributed by atoms with Crippen LogP contribution in [0.15, 0.2) is 47.5 Å². The maximum Gasteiger partial charge on any atom is 0.255 e. The number of amides is 1. The molecule has 3 rings (SSSR count). The van der Waals surface area contributed by atoms with Gasteiger partial charge in [-0.15, -0.1) is 24.0 Å². The van der Waals surface area contributed by atoms with E-state index in [-0.39, 0.29) is 36.7 Å². The van der Waals surface area contributed by atoms with Crippen molar-refractivity contribution in [2.75, 3.05) is 26.9 Å². The quantitative estimate of drug-likeness (QED) is 0.250. The van der Waals surface area contributed by atoms with Gasteiger partial charge in [0.15, 0.2) is 12.6 Å². The number of aliphatic imine (C=N–C) groups is 1. The first kappa shape index (κ1) is 25.7. The van der Waals surface area contributed by atoms with Gasteiger partial charge in [0.1, 0.15) is 17.6 Å². The topological polar surface area (TPSA) is 107 Å². The van der Waals surface area contributed by atoms with E-state index in [2.05, 4.69) is 40.7 Å². The number of benzene rings is 2. The number of nitrogens with zero attached hydrogens (tertiary/aromatic N) is 1. The van der Waals surface area contributed by atoms with Gasteiger partial charge in [-0.05, 0) is 36.2 Å². The highest BCUT2D eigenvalue weighted by Gasteiger charge is 2.18. The van der Waals surface area contributed by atoms with E-state index in [1.165, 1.54) is 0 Å². The Balaban J connectivity index is 0.00000363. The molecular weight excluding hydrogens is 523 g/mol. The Morgan fingerprint density at radius 1 is 1.22 bits per heavy atom. The van der Waals surface area contributed by atoms with Crippen molar-refractivity contribution in [3.05, 3.63) is 59.2 Å². The summed E-state index contributed by atoms with van der Waals surface area (Å²) in [6.07, 6.45) is 1.01. The van der Waals surface area contributed by atoms with Crippen LogP contribution in [0.3, 0.4) is 0 Å². The third kappa shape index (κ3) is 8.19. The molecule has 0 radical (unpaired) electrons. The molecule has 1 aliphatic heterocycles. The lowest BCUT2D eigenvalue weighted by atomic mass is 10.1. The summed E-state index contributed by atoms with van der Waals surface area (Å²) in [7, 11) is 1.73. The predicted molar refractivity (Wildman–Crippen MR) is 135 cm³/mol. The van der Waals surface area contributed by atoms with E-state index in [1.54, 1.807) is 13.1 Å². The van der Waals surface area contributed by atoms with Crippen molar-refractivity contribution in [1.29, 1.82) is 0 Å². The summed E-state index contributed by atoms with van der Waals surface area (Å²) in [6.45, 7) is 4.40. The van der Waals surface area contributed by atoms with Crippen molar-refractivity contribution in [2.45, 2.75) is 32.5 Å². The third-order valence-corrected chi connectivity index (χ3v) is 4.81. The van der Waals surface area contributed by atoms with Gasteiger partial charge in [-0.3, -0.25) is 9.79 Å². The first-order valence-electron chi connectivity index (χ1n) is 10.3. The molecule has 1 fully saturated rings. The van der Waals surface area contributed by atoms with Crippen molar-refractivity contribution in [3.63, 3.8) is 0 Å². The number of primary amides is 1. The van der Waals surface area contributed by atoms with Crippen LogP contribution in [0.5, 0.6) is 11.5 Å². The summed E-state index contributed by atoms with van der Waals surface area (Å²) in [5.74, 6) is 1.63. The second kappa shape index (κ2) is 13.1. The molecule has 1 amide bonds. The number of hydrogen-bond acceptors (Lipinski definition) is 5. The number of carbonyl (C=O) groups is 1. The third-order valence-electron chi connectivity index (χ3n) is 4.81. The molecular formula is C23H31IN4O4. The van der Waals surface area contributed by atoms with E-state index < -0.39 is 5.91 Å². The Morgan fingerprint density at radius 3 is 2.75 bits per heavy atom. The highest BCUT2D eigenvalue weighted by Crippen LogP contribution is 2.23. The SMILES string of the molecule is CN=C(NCc1cccc(OCC(N)=O)c1)NCc1ccc(C)cc1OC1CCOC1.I. The summed E-state index contributed by atoms with van der Waals surface area (Å²) < 4.78 is 16.9. The van der Waals surface area contributed by atoms with Crippen LogP contribution in [0.1, 0.15) is 23.1 Å². The fraction of sp³-hybridized carbons (Fsp3) is 0.391. The van der Waals surface area contributed by atoms with E-state index in [0.717, 1.165) is 35.5 Å². The van der Waals surface area contributed by atoms with Crippen LogP contribution >= 0.6 is 24.0 Å². The molecule has 1 aliphatic rings. The number of hydrogen-bond donors (Lipinski definition) is 3. The minimum Gasteiger partial charge on any atom is -0.488 e. The minimum absolute atomic E-state index is 0. The van der Waals surface area contributed by atoms with Crippen molar-refractivity contribution < 1.29 is 19.0 Å². The molecule has 0 bridgehead atoms. The summed E-state index contributed by atoms with van der Waals surface area (Å²) in [6, 6.07) is 13.7. The van der Waals surface area contributed by atoms with E-state index in [1.807, 2.05) is 18.2 Å².